The van der Waals surface area contributed by atoms with Gasteiger partial charge in [0.05, 0.1) is 19.0 Å². The number of rotatable bonds is 4. The molecule has 0 radical (unpaired) electrons. The highest BCUT2D eigenvalue weighted by atomic mass is 16.5. The van der Waals surface area contributed by atoms with E-state index in [-0.39, 0.29) is 5.97 Å². The lowest BCUT2D eigenvalue weighted by molar-refractivity contribution is -0.147. The van der Waals surface area contributed by atoms with Crippen molar-refractivity contribution >= 4 is 23.5 Å². The number of pyridine rings is 1. The lowest BCUT2D eigenvalue weighted by Crippen LogP contribution is -2.22. The van der Waals surface area contributed by atoms with Crippen LogP contribution in [0.25, 0.3) is 0 Å². The zero-order valence-electron chi connectivity index (χ0n) is 12.9. The van der Waals surface area contributed by atoms with Crippen molar-refractivity contribution in [3.05, 3.63) is 24.0 Å². The number of aromatic nitrogens is 1. The number of amides is 1. The Labute approximate surface area is 134 Å². The standard InChI is InChI=1S/C16H20N2O5/c1-23-14(19)8-10-2-4-11(5-3-10)13-7-6-12(9-17-13)18-15(20)16(21)22/h6-7,9-11H,2-5,8H2,1H3,(H,18,20)(H,21,22). The van der Waals surface area contributed by atoms with Crippen LogP contribution in [0.2, 0.25) is 0 Å². The van der Waals surface area contributed by atoms with E-state index in [2.05, 4.69) is 10.3 Å². The van der Waals surface area contributed by atoms with Crippen molar-refractivity contribution in [3.63, 3.8) is 0 Å². The van der Waals surface area contributed by atoms with Gasteiger partial charge in [-0.05, 0) is 43.7 Å². The molecule has 1 aromatic rings. The molecule has 0 aliphatic heterocycles. The number of hydrogen-bond donors (Lipinski definition) is 2. The number of ether oxygens (including phenoxy) is 1. The molecule has 0 bridgehead atoms. The smallest absolute Gasteiger partial charge is 0.394 e. The minimum atomic E-state index is -1.53. The highest BCUT2D eigenvalue weighted by molar-refractivity contribution is 6.36. The Morgan fingerprint density at radius 3 is 2.48 bits per heavy atom. The van der Waals surface area contributed by atoms with Gasteiger partial charge in [0, 0.05) is 18.0 Å². The second-order valence-corrected chi connectivity index (χ2v) is 5.73. The van der Waals surface area contributed by atoms with E-state index in [1.807, 2.05) is 6.07 Å². The molecule has 1 aromatic heterocycles. The van der Waals surface area contributed by atoms with Crippen molar-refractivity contribution in [3.8, 4) is 0 Å². The summed E-state index contributed by atoms with van der Waals surface area (Å²) in [5.74, 6) is -2.08. The molecule has 7 heteroatoms. The third-order valence-electron chi connectivity index (χ3n) is 4.19. The molecule has 124 valence electrons. The van der Waals surface area contributed by atoms with Crippen LogP contribution in [-0.4, -0.2) is 35.0 Å². The van der Waals surface area contributed by atoms with Gasteiger partial charge in [0.25, 0.3) is 0 Å². The number of methoxy groups -OCH3 is 1. The summed E-state index contributed by atoms with van der Waals surface area (Å²) < 4.78 is 4.70. The summed E-state index contributed by atoms with van der Waals surface area (Å²) in [6.07, 6.45) is 5.76. The van der Waals surface area contributed by atoms with E-state index in [9.17, 15) is 14.4 Å². The Bertz CT molecular complexity index is 577. The molecule has 0 spiro atoms. The number of hydrogen-bond acceptors (Lipinski definition) is 5. The number of carboxylic acid groups (broad SMARTS) is 1. The lowest BCUT2D eigenvalue weighted by atomic mass is 9.79. The maximum Gasteiger partial charge on any atom is 0.394 e. The molecule has 1 aliphatic carbocycles. The van der Waals surface area contributed by atoms with Gasteiger partial charge in [0.15, 0.2) is 0 Å². The number of carboxylic acids is 1. The van der Waals surface area contributed by atoms with Crippen molar-refractivity contribution in [2.45, 2.75) is 38.0 Å². The van der Waals surface area contributed by atoms with Gasteiger partial charge in [-0.3, -0.25) is 14.6 Å². The maximum absolute atomic E-state index is 11.3. The first kappa shape index (κ1) is 16.9. The molecule has 0 unspecified atom stereocenters. The normalized spacial score (nSPS) is 20.6. The molecule has 2 N–H and O–H groups in total. The Hall–Kier alpha value is -2.44. The molecule has 1 saturated carbocycles. The summed E-state index contributed by atoms with van der Waals surface area (Å²) in [6, 6.07) is 3.46. The van der Waals surface area contributed by atoms with Gasteiger partial charge in [-0.15, -0.1) is 0 Å². The monoisotopic (exact) mass is 320 g/mol. The van der Waals surface area contributed by atoms with Gasteiger partial charge in [-0.25, -0.2) is 4.79 Å². The van der Waals surface area contributed by atoms with Crippen LogP contribution in [0.1, 0.15) is 43.7 Å². The van der Waals surface area contributed by atoms with Crippen LogP contribution in [0, 0.1) is 5.92 Å². The minimum absolute atomic E-state index is 0.162. The molecule has 1 fully saturated rings. The minimum Gasteiger partial charge on any atom is -0.474 e. The van der Waals surface area contributed by atoms with Gasteiger partial charge in [0.1, 0.15) is 0 Å². The molecule has 0 saturated heterocycles. The van der Waals surface area contributed by atoms with Crippen molar-refractivity contribution in [1.82, 2.24) is 4.98 Å². The Morgan fingerprint density at radius 2 is 1.96 bits per heavy atom. The fourth-order valence-corrected chi connectivity index (χ4v) is 2.89. The van der Waals surface area contributed by atoms with Crippen LogP contribution in [0.3, 0.4) is 0 Å². The number of nitrogens with one attached hydrogen (secondary N) is 1. The summed E-state index contributed by atoms with van der Waals surface area (Å²) in [6.45, 7) is 0. The number of esters is 1. The highest BCUT2D eigenvalue weighted by Gasteiger charge is 2.25. The van der Waals surface area contributed by atoms with Gasteiger partial charge < -0.3 is 15.2 Å². The van der Waals surface area contributed by atoms with E-state index in [1.54, 1.807) is 6.07 Å². The first-order valence-electron chi connectivity index (χ1n) is 7.56. The Kier molecular flexibility index (Phi) is 5.67. The molecular weight excluding hydrogens is 300 g/mol. The van der Waals surface area contributed by atoms with Gasteiger partial charge in [-0.2, -0.15) is 0 Å². The second kappa shape index (κ2) is 7.71. The first-order valence-corrected chi connectivity index (χ1v) is 7.56. The maximum atomic E-state index is 11.3. The fourth-order valence-electron chi connectivity index (χ4n) is 2.89. The summed E-state index contributed by atoms with van der Waals surface area (Å²) in [4.78, 5) is 37.2. The van der Waals surface area contributed by atoms with E-state index < -0.39 is 11.9 Å². The average molecular weight is 320 g/mol. The van der Waals surface area contributed by atoms with E-state index in [0.29, 0.717) is 23.9 Å². The molecule has 1 amide bonds. The third-order valence-corrected chi connectivity index (χ3v) is 4.19. The molecular formula is C16H20N2O5. The fraction of sp³-hybridized carbons (Fsp3) is 0.500. The highest BCUT2D eigenvalue weighted by Crippen LogP contribution is 2.36. The van der Waals surface area contributed by atoms with Crippen LogP contribution in [0.4, 0.5) is 5.69 Å². The zero-order valence-corrected chi connectivity index (χ0v) is 12.9. The summed E-state index contributed by atoms with van der Waals surface area (Å²) >= 11 is 0. The topological polar surface area (TPSA) is 106 Å². The van der Waals surface area contributed by atoms with Crippen LogP contribution >= 0.6 is 0 Å². The quantitative estimate of drug-likeness (QED) is 0.649. The number of nitrogens with zero attached hydrogens (tertiary/aromatic N) is 1. The number of carbonyl (C=O) groups is 3. The van der Waals surface area contributed by atoms with Crippen molar-refractivity contribution in [2.75, 3.05) is 12.4 Å². The Morgan fingerprint density at radius 1 is 1.26 bits per heavy atom. The summed E-state index contributed by atoms with van der Waals surface area (Å²) in [5, 5.41) is 10.8. The van der Waals surface area contributed by atoms with Crippen molar-refractivity contribution in [1.29, 1.82) is 0 Å². The van der Waals surface area contributed by atoms with E-state index in [4.69, 9.17) is 9.84 Å². The second-order valence-electron chi connectivity index (χ2n) is 5.73. The molecule has 0 atom stereocenters. The molecule has 1 aliphatic rings. The number of carbonyl (C=O) groups excluding carboxylic acids is 2. The summed E-state index contributed by atoms with van der Waals surface area (Å²) in [5.41, 5.74) is 1.29. The number of aliphatic carboxylic acids is 1. The van der Waals surface area contributed by atoms with Crippen LogP contribution in [0.15, 0.2) is 18.3 Å². The molecule has 1 heterocycles. The molecule has 0 aromatic carbocycles. The van der Waals surface area contributed by atoms with Gasteiger partial charge in [0.2, 0.25) is 0 Å². The van der Waals surface area contributed by atoms with E-state index >= 15 is 0 Å². The molecule has 7 nitrogen and oxygen atoms in total. The Balaban J connectivity index is 1.88. The SMILES string of the molecule is COC(=O)CC1CCC(c2ccc(NC(=O)C(=O)O)cn2)CC1. The first-order chi connectivity index (χ1) is 11.0. The van der Waals surface area contributed by atoms with Crippen molar-refractivity contribution < 1.29 is 24.2 Å². The number of anilines is 1. The predicted molar refractivity (Wildman–Crippen MR) is 81.8 cm³/mol. The van der Waals surface area contributed by atoms with Gasteiger partial charge >= 0.3 is 17.8 Å². The van der Waals surface area contributed by atoms with Crippen LogP contribution in [-0.2, 0) is 19.1 Å². The molecule has 23 heavy (non-hydrogen) atoms. The average Bonchev–Trinajstić information content (AvgIpc) is 2.56. The van der Waals surface area contributed by atoms with Gasteiger partial charge in [-0.1, -0.05) is 0 Å². The summed E-state index contributed by atoms with van der Waals surface area (Å²) in [7, 11) is 1.41. The van der Waals surface area contributed by atoms with Crippen LogP contribution < -0.4 is 5.32 Å². The largest absolute Gasteiger partial charge is 0.474 e. The third kappa shape index (κ3) is 4.77. The van der Waals surface area contributed by atoms with E-state index in [0.717, 1.165) is 31.4 Å². The van der Waals surface area contributed by atoms with Crippen molar-refractivity contribution in [2.24, 2.45) is 5.92 Å². The van der Waals surface area contributed by atoms with E-state index in [1.165, 1.54) is 13.3 Å². The molecule has 2 rings (SSSR count). The lowest BCUT2D eigenvalue weighted by Gasteiger charge is -2.27. The predicted octanol–water partition coefficient (Wildman–Crippen LogP) is 1.94. The van der Waals surface area contributed by atoms with Crippen LogP contribution in [0.5, 0.6) is 0 Å². The zero-order chi connectivity index (χ0) is 16.8.